The average molecular weight is 255 g/mol. The Morgan fingerprint density at radius 1 is 1.39 bits per heavy atom. The van der Waals surface area contributed by atoms with Crippen LogP contribution in [0.1, 0.15) is 39.5 Å². The van der Waals surface area contributed by atoms with Gasteiger partial charge in [-0.25, -0.2) is 0 Å². The Hall–Kier alpha value is -0.610. The van der Waals surface area contributed by atoms with Crippen molar-refractivity contribution < 1.29 is 14.6 Å². The maximum atomic E-state index is 11.2. The van der Waals surface area contributed by atoms with Crippen molar-refractivity contribution in [1.29, 1.82) is 0 Å². The van der Waals surface area contributed by atoms with Crippen molar-refractivity contribution in [3.05, 3.63) is 0 Å². The summed E-state index contributed by atoms with van der Waals surface area (Å²) in [6.45, 7) is 5.55. The molecule has 1 saturated carbocycles. The van der Waals surface area contributed by atoms with Crippen LogP contribution in [0.5, 0.6) is 0 Å². The predicted molar refractivity (Wildman–Crippen MR) is 69.5 cm³/mol. The van der Waals surface area contributed by atoms with Gasteiger partial charge in [0.25, 0.3) is 0 Å². The van der Waals surface area contributed by atoms with Crippen LogP contribution in [-0.2, 0) is 9.53 Å². The van der Waals surface area contributed by atoms with Crippen LogP contribution in [0, 0.1) is 11.3 Å². The third kappa shape index (κ3) is 2.86. The quantitative estimate of drug-likeness (QED) is 0.838. The molecule has 3 atom stereocenters. The fraction of sp³-hybridized carbons (Fsp3) is 0.929. The fourth-order valence-corrected chi connectivity index (χ4v) is 3.46. The third-order valence-corrected chi connectivity index (χ3v) is 4.65. The minimum Gasteiger partial charge on any atom is -0.481 e. The molecule has 0 bridgehead atoms. The first kappa shape index (κ1) is 13.8. The number of carboxylic acid groups (broad SMARTS) is 1. The van der Waals surface area contributed by atoms with Gasteiger partial charge in [0.15, 0.2) is 0 Å². The van der Waals surface area contributed by atoms with Gasteiger partial charge in [0.05, 0.1) is 19.1 Å². The first-order chi connectivity index (χ1) is 8.41. The summed E-state index contributed by atoms with van der Waals surface area (Å²) in [6.07, 6.45) is 4.86. The Balaban J connectivity index is 2.02. The van der Waals surface area contributed by atoms with Crippen LogP contribution in [0.25, 0.3) is 0 Å². The van der Waals surface area contributed by atoms with E-state index in [-0.39, 0.29) is 12.0 Å². The van der Waals surface area contributed by atoms with Crippen molar-refractivity contribution in [3.8, 4) is 0 Å². The van der Waals surface area contributed by atoms with Gasteiger partial charge in [-0.1, -0.05) is 20.3 Å². The maximum absolute atomic E-state index is 11.2. The molecule has 4 nitrogen and oxygen atoms in total. The largest absolute Gasteiger partial charge is 0.481 e. The van der Waals surface area contributed by atoms with Crippen LogP contribution in [0.2, 0.25) is 0 Å². The highest BCUT2D eigenvalue weighted by atomic mass is 16.5. The molecule has 1 heterocycles. The second-order valence-corrected chi connectivity index (χ2v) is 6.63. The van der Waals surface area contributed by atoms with Crippen LogP contribution in [0.4, 0.5) is 0 Å². The second-order valence-electron chi connectivity index (χ2n) is 6.63. The van der Waals surface area contributed by atoms with E-state index in [1.54, 1.807) is 0 Å². The summed E-state index contributed by atoms with van der Waals surface area (Å²) < 4.78 is 5.37. The summed E-state index contributed by atoms with van der Waals surface area (Å²) >= 11 is 0. The highest BCUT2D eigenvalue weighted by Crippen LogP contribution is 2.38. The predicted octanol–water partition coefficient (Wildman–Crippen LogP) is 1.99. The van der Waals surface area contributed by atoms with Gasteiger partial charge in [-0.15, -0.1) is 0 Å². The molecule has 2 fully saturated rings. The van der Waals surface area contributed by atoms with Gasteiger partial charge in [-0.2, -0.15) is 0 Å². The number of carbonyl (C=O) groups is 1. The number of rotatable bonds is 3. The zero-order valence-electron chi connectivity index (χ0n) is 11.7. The van der Waals surface area contributed by atoms with Gasteiger partial charge in [-0.3, -0.25) is 9.69 Å². The lowest BCUT2D eigenvalue weighted by Crippen LogP contribution is -2.48. The van der Waals surface area contributed by atoms with E-state index in [4.69, 9.17) is 4.74 Å². The number of ether oxygens (including phenoxy) is 1. The van der Waals surface area contributed by atoms with Gasteiger partial charge in [0.2, 0.25) is 0 Å². The Bertz CT molecular complexity index is 316. The van der Waals surface area contributed by atoms with Crippen LogP contribution < -0.4 is 0 Å². The lowest BCUT2D eigenvalue weighted by atomic mass is 9.74. The SMILES string of the molecule is CN(C1CCCC(C)(C)C1)C1COCC1C(=O)O. The minimum atomic E-state index is -0.723. The number of aliphatic carboxylic acids is 1. The summed E-state index contributed by atoms with van der Waals surface area (Å²) in [5, 5.41) is 9.23. The lowest BCUT2D eigenvalue weighted by Gasteiger charge is -2.42. The molecule has 104 valence electrons. The molecule has 0 aromatic heterocycles. The molecule has 0 radical (unpaired) electrons. The third-order valence-electron chi connectivity index (χ3n) is 4.65. The Labute approximate surface area is 109 Å². The molecule has 1 aliphatic heterocycles. The molecule has 2 rings (SSSR count). The molecular weight excluding hydrogens is 230 g/mol. The molecular formula is C14H25NO3. The monoisotopic (exact) mass is 255 g/mol. The molecule has 2 aliphatic rings. The summed E-state index contributed by atoms with van der Waals surface area (Å²) in [5.74, 6) is -1.08. The Morgan fingerprint density at radius 3 is 2.72 bits per heavy atom. The van der Waals surface area contributed by atoms with E-state index in [1.165, 1.54) is 19.3 Å². The molecule has 0 aromatic carbocycles. The van der Waals surface area contributed by atoms with Gasteiger partial charge in [0, 0.05) is 12.1 Å². The molecule has 0 spiro atoms. The van der Waals surface area contributed by atoms with Crippen molar-refractivity contribution in [2.45, 2.75) is 51.6 Å². The molecule has 1 aliphatic carbocycles. The number of nitrogens with zero attached hydrogens (tertiary/aromatic N) is 1. The topological polar surface area (TPSA) is 49.8 Å². The van der Waals surface area contributed by atoms with Gasteiger partial charge in [0.1, 0.15) is 0 Å². The molecule has 4 heteroatoms. The van der Waals surface area contributed by atoms with E-state index in [0.717, 1.165) is 6.42 Å². The fourth-order valence-electron chi connectivity index (χ4n) is 3.46. The number of carboxylic acids is 1. The van der Waals surface area contributed by atoms with Crippen LogP contribution in [-0.4, -0.2) is 48.3 Å². The lowest BCUT2D eigenvalue weighted by molar-refractivity contribution is -0.143. The van der Waals surface area contributed by atoms with E-state index in [2.05, 4.69) is 25.8 Å². The number of likely N-dealkylation sites (N-methyl/N-ethyl adjacent to an activating group) is 1. The normalized spacial score (nSPS) is 35.9. The zero-order chi connectivity index (χ0) is 13.3. The van der Waals surface area contributed by atoms with Gasteiger partial charge in [-0.05, 0) is 31.7 Å². The molecule has 1 N–H and O–H groups in total. The number of hydrogen-bond donors (Lipinski definition) is 1. The van der Waals surface area contributed by atoms with Crippen molar-refractivity contribution in [2.24, 2.45) is 11.3 Å². The van der Waals surface area contributed by atoms with Crippen LogP contribution in [0.15, 0.2) is 0 Å². The molecule has 0 amide bonds. The van der Waals surface area contributed by atoms with Crippen LogP contribution in [0.3, 0.4) is 0 Å². The summed E-state index contributed by atoms with van der Waals surface area (Å²) in [7, 11) is 2.07. The Kier molecular flexibility index (Phi) is 3.97. The highest BCUT2D eigenvalue weighted by Gasteiger charge is 2.40. The number of hydrogen-bond acceptors (Lipinski definition) is 3. The Morgan fingerprint density at radius 2 is 2.11 bits per heavy atom. The molecule has 18 heavy (non-hydrogen) atoms. The van der Waals surface area contributed by atoms with E-state index < -0.39 is 5.97 Å². The summed E-state index contributed by atoms with van der Waals surface area (Å²) in [6, 6.07) is 0.545. The van der Waals surface area contributed by atoms with Gasteiger partial charge >= 0.3 is 5.97 Å². The smallest absolute Gasteiger partial charge is 0.310 e. The summed E-state index contributed by atoms with van der Waals surface area (Å²) in [4.78, 5) is 13.5. The highest BCUT2D eigenvalue weighted by molar-refractivity contribution is 5.71. The molecule has 0 aromatic rings. The molecule has 1 saturated heterocycles. The molecule has 3 unspecified atom stereocenters. The van der Waals surface area contributed by atoms with Crippen molar-refractivity contribution in [1.82, 2.24) is 4.90 Å². The van der Waals surface area contributed by atoms with Crippen LogP contribution >= 0.6 is 0 Å². The zero-order valence-corrected chi connectivity index (χ0v) is 11.7. The van der Waals surface area contributed by atoms with E-state index >= 15 is 0 Å². The van der Waals surface area contributed by atoms with Crippen molar-refractivity contribution in [3.63, 3.8) is 0 Å². The first-order valence-electron chi connectivity index (χ1n) is 6.93. The summed E-state index contributed by atoms with van der Waals surface area (Å²) in [5.41, 5.74) is 0.384. The second kappa shape index (κ2) is 5.17. The van der Waals surface area contributed by atoms with Crippen molar-refractivity contribution in [2.75, 3.05) is 20.3 Å². The van der Waals surface area contributed by atoms with E-state index in [1.807, 2.05) is 0 Å². The standard InChI is InChI=1S/C14H25NO3/c1-14(2)6-4-5-10(7-14)15(3)12-9-18-8-11(12)13(16)17/h10-12H,4-9H2,1-3H3,(H,16,17). The maximum Gasteiger partial charge on any atom is 0.310 e. The van der Waals surface area contributed by atoms with E-state index in [9.17, 15) is 9.90 Å². The van der Waals surface area contributed by atoms with Crippen molar-refractivity contribution >= 4 is 5.97 Å². The average Bonchev–Trinajstić information content (AvgIpc) is 2.75. The first-order valence-corrected chi connectivity index (χ1v) is 6.93. The van der Waals surface area contributed by atoms with Gasteiger partial charge < -0.3 is 9.84 Å². The van der Waals surface area contributed by atoms with E-state index in [0.29, 0.717) is 24.7 Å². The minimum absolute atomic E-state index is 0.0430.